The molecule has 152 valence electrons. The number of hydrogen-bond acceptors (Lipinski definition) is 6. The van der Waals surface area contributed by atoms with E-state index in [0.717, 1.165) is 11.1 Å². The molecule has 8 heteroatoms. The third-order valence-corrected chi connectivity index (χ3v) is 5.09. The lowest BCUT2D eigenvalue weighted by molar-refractivity contribution is -0.117. The second-order valence-corrected chi connectivity index (χ2v) is 6.80. The number of nitrogens with one attached hydrogen (secondary N) is 2. The van der Waals surface area contributed by atoms with Crippen molar-refractivity contribution in [3.8, 4) is 23.0 Å². The van der Waals surface area contributed by atoms with Gasteiger partial charge >= 0.3 is 0 Å². The van der Waals surface area contributed by atoms with E-state index in [1.807, 2.05) is 18.2 Å². The number of carbonyl (C=O) groups is 2. The van der Waals surface area contributed by atoms with Gasteiger partial charge in [-0.2, -0.15) is 0 Å². The molecule has 2 aromatic rings. The largest absolute Gasteiger partial charge is 0.494 e. The summed E-state index contributed by atoms with van der Waals surface area (Å²) in [6.45, 7) is 1.91. The molecule has 4 rings (SSSR count). The van der Waals surface area contributed by atoms with Crippen LogP contribution in [0.2, 0.25) is 0 Å². The highest BCUT2D eigenvalue weighted by Crippen LogP contribution is 2.48. The number of fused-ring (bicyclic) bond motifs is 2. The van der Waals surface area contributed by atoms with Crippen LogP contribution in [0.15, 0.2) is 24.3 Å². The number of carbonyl (C=O) groups excluding carboxylic acids is 2. The lowest BCUT2D eigenvalue weighted by atomic mass is 9.84. The van der Waals surface area contributed by atoms with Gasteiger partial charge in [-0.15, -0.1) is 0 Å². The molecular weight excluding hydrogens is 376 g/mol. The van der Waals surface area contributed by atoms with Gasteiger partial charge in [0.25, 0.3) is 0 Å². The minimum absolute atomic E-state index is 0.105. The van der Waals surface area contributed by atoms with Crippen molar-refractivity contribution in [3.05, 3.63) is 35.4 Å². The molecule has 2 aliphatic heterocycles. The highest BCUT2D eigenvalue weighted by Gasteiger charge is 2.31. The van der Waals surface area contributed by atoms with E-state index in [1.165, 1.54) is 7.11 Å². The van der Waals surface area contributed by atoms with Gasteiger partial charge in [-0.25, -0.2) is 0 Å². The highest BCUT2D eigenvalue weighted by molar-refractivity contribution is 5.98. The predicted molar refractivity (Wildman–Crippen MR) is 106 cm³/mol. The fraction of sp³-hybridized carbons (Fsp3) is 0.333. The summed E-state index contributed by atoms with van der Waals surface area (Å²) < 4.78 is 21.9. The average Bonchev–Trinajstić information content (AvgIpc) is 3.20. The van der Waals surface area contributed by atoms with Gasteiger partial charge < -0.3 is 29.6 Å². The van der Waals surface area contributed by atoms with E-state index < -0.39 is 0 Å². The second kappa shape index (κ2) is 7.54. The zero-order chi connectivity index (χ0) is 20.5. The normalized spacial score (nSPS) is 16.7. The van der Waals surface area contributed by atoms with Crippen LogP contribution in [0.25, 0.3) is 0 Å². The molecule has 0 fully saturated rings. The first-order valence-corrected chi connectivity index (χ1v) is 9.33. The molecule has 0 radical (unpaired) electrons. The van der Waals surface area contributed by atoms with Gasteiger partial charge in [0.1, 0.15) is 5.75 Å². The van der Waals surface area contributed by atoms with Crippen LogP contribution in [-0.4, -0.2) is 32.8 Å². The number of benzene rings is 2. The Morgan fingerprint density at radius 2 is 1.97 bits per heavy atom. The van der Waals surface area contributed by atoms with Crippen molar-refractivity contribution in [2.45, 2.75) is 25.7 Å². The van der Waals surface area contributed by atoms with E-state index in [-0.39, 0.29) is 30.9 Å². The molecule has 0 spiro atoms. The average molecular weight is 398 g/mol. The zero-order valence-corrected chi connectivity index (χ0v) is 16.5. The van der Waals surface area contributed by atoms with E-state index in [9.17, 15) is 9.59 Å². The summed E-state index contributed by atoms with van der Waals surface area (Å²) in [6, 6.07) is 7.30. The molecule has 2 aliphatic rings. The Hall–Kier alpha value is -3.42. The van der Waals surface area contributed by atoms with Crippen molar-refractivity contribution >= 4 is 23.2 Å². The minimum atomic E-state index is -0.245. The molecule has 0 saturated carbocycles. The van der Waals surface area contributed by atoms with Crippen LogP contribution in [0.4, 0.5) is 11.4 Å². The molecule has 8 nitrogen and oxygen atoms in total. The molecule has 2 amide bonds. The number of rotatable bonds is 5. The number of methoxy groups -OCH3 is 2. The van der Waals surface area contributed by atoms with Crippen LogP contribution in [0.5, 0.6) is 23.0 Å². The molecule has 1 unspecified atom stereocenters. The fourth-order valence-electron chi connectivity index (χ4n) is 3.64. The summed E-state index contributed by atoms with van der Waals surface area (Å²) in [4.78, 5) is 24.3. The smallest absolute Gasteiger partial charge is 0.231 e. The van der Waals surface area contributed by atoms with Crippen LogP contribution >= 0.6 is 0 Å². The Morgan fingerprint density at radius 1 is 1.17 bits per heavy atom. The van der Waals surface area contributed by atoms with E-state index in [1.54, 1.807) is 20.1 Å². The first kappa shape index (κ1) is 18.9. The van der Waals surface area contributed by atoms with Crippen LogP contribution in [0.1, 0.15) is 36.8 Å². The zero-order valence-electron chi connectivity index (χ0n) is 16.5. The van der Waals surface area contributed by atoms with Gasteiger partial charge in [-0.05, 0) is 29.3 Å². The number of hydrogen-bond donors (Lipinski definition) is 2. The number of ether oxygens (including phenoxy) is 4. The first-order chi connectivity index (χ1) is 14.0. The van der Waals surface area contributed by atoms with E-state index in [2.05, 4.69) is 10.6 Å². The summed E-state index contributed by atoms with van der Waals surface area (Å²) in [6.07, 6.45) is 0.600. The van der Waals surface area contributed by atoms with E-state index in [4.69, 9.17) is 18.9 Å². The third kappa shape index (κ3) is 3.41. The van der Waals surface area contributed by atoms with Crippen molar-refractivity contribution in [2.75, 3.05) is 31.6 Å². The summed E-state index contributed by atoms with van der Waals surface area (Å²) in [5.41, 5.74) is 2.94. The Morgan fingerprint density at radius 3 is 2.69 bits per heavy atom. The van der Waals surface area contributed by atoms with Crippen LogP contribution in [0.3, 0.4) is 0 Å². The number of anilines is 2. The SMILES string of the molecule is CCC(=O)Nc1cc2c(cc1OC)NC(=O)CC2c1cc(OC)c2c(c1)OCO2. The molecule has 0 aromatic heterocycles. The molecule has 29 heavy (non-hydrogen) atoms. The van der Waals surface area contributed by atoms with Gasteiger partial charge in [0.15, 0.2) is 11.5 Å². The van der Waals surface area contributed by atoms with Gasteiger partial charge in [0, 0.05) is 30.5 Å². The molecular formula is C21H22N2O6. The standard InChI is InChI=1S/C21H22N2O6/c1-4-19(24)23-15-7-13-12(8-20(25)22-14(13)9-16(15)26-2)11-5-17(27-3)21-18(6-11)28-10-29-21/h5-7,9,12H,4,8,10H2,1-3H3,(H,22,25)(H,23,24). The quantitative estimate of drug-likeness (QED) is 0.803. The Bertz CT molecular complexity index is 988. The van der Waals surface area contributed by atoms with Gasteiger partial charge in [0.05, 0.1) is 19.9 Å². The van der Waals surface area contributed by atoms with Crippen LogP contribution in [0, 0.1) is 0 Å². The molecule has 0 bridgehead atoms. The van der Waals surface area contributed by atoms with Crippen LogP contribution < -0.4 is 29.6 Å². The van der Waals surface area contributed by atoms with Crippen molar-refractivity contribution in [2.24, 2.45) is 0 Å². The second-order valence-electron chi connectivity index (χ2n) is 6.80. The summed E-state index contributed by atoms with van der Waals surface area (Å²) in [5, 5.41) is 5.75. The molecule has 0 saturated heterocycles. The summed E-state index contributed by atoms with van der Waals surface area (Å²) in [7, 11) is 3.08. The van der Waals surface area contributed by atoms with Gasteiger partial charge in [-0.1, -0.05) is 6.92 Å². The molecule has 2 N–H and O–H groups in total. The topological polar surface area (TPSA) is 95.1 Å². The number of amides is 2. The van der Waals surface area contributed by atoms with Crippen molar-refractivity contribution in [1.29, 1.82) is 0 Å². The lowest BCUT2D eigenvalue weighted by Crippen LogP contribution is -2.24. The van der Waals surface area contributed by atoms with E-state index in [0.29, 0.717) is 40.8 Å². The maximum Gasteiger partial charge on any atom is 0.231 e. The molecule has 2 aromatic carbocycles. The summed E-state index contributed by atoms with van der Waals surface area (Å²) >= 11 is 0. The van der Waals surface area contributed by atoms with E-state index >= 15 is 0 Å². The minimum Gasteiger partial charge on any atom is -0.494 e. The maximum absolute atomic E-state index is 12.4. The fourth-order valence-corrected chi connectivity index (χ4v) is 3.64. The van der Waals surface area contributed by atoms with Crippen molar-refractivity contribution < 1.29 is 28.5 Å². The van der Waals surface area contributed by atoms with Gasteiger partial charge in [0.2, 0.25) is 24.4 Å². The summed E-state index contributed by atoms with van der Waals surface area (Å²) in [5.74, 6) is 1.70. The molecule has 2 heterocycles. The molecule has 0 aliphatic carbocycles. The Balaban J connectivity index is 1.82. The Labute approximate surface area is 168 Å². The third-order valence-electron chi connectivity index (χ3n) is 5.09. The first-order valence-electron chi connectivity index (χ1n) is 9.33. The molecule has 1 atom stereocenters. The highest BCUT2D eigenvalue weighted by atomic mass is 16.7. The predicted octanol–water partition coefficient (Wildman–Crippen LogP) is 3.26. The van der Waals surface area contributed by atoms with Crippen molar-refractivity contribution in [3.63, 3.8) is 0 Å². The lowest BCUT2D eigenvalue weighted by Gasteiger charge is -2.28. The van der Waals surface area contributed by atoms with Gasteiger partial charge in [-0.3, -0.25) is 9.59 Å². The Kier molecular flexibility index (Phi) is 4.92. The maximum atomic E-state index is 12.4. The van der Waals surface area contributed by atoms with Crippen molar-refractivity contribution in [1.82, 2.24) is 0 Å². The monoisotopic (exact) mass is 398 g/mol. The van der Waals surface area contributed by atoms with Crippen LogP contribution in [-0.2, 0) is 9.59 Å².